The molecular weight excluding hydrogens is 198 g/mol. The highest BCUT2D eigenvalue weighted by molar-refractivity contribution is 5.39. The molecule has 0 aliphatic carbocycles. The van der Waals surface area contributed by atoms with Crippen molar-refractivity contribution < 1.29 is 0 Å². The second kappa shape index (κ2) is 5.73. The number of hydrogen-bond donors (Lipinski definition) is 1. The van der Waals surface area contributed by atoms with Crippen LogP contribution < -0.4 is 5.32 Å². The van der Waals surface area contributed by atoms with E-state index >= 15 is 0 Å². The van der Waals surface area contributed by atoms with Gasteiger partial charge in [0.25, 0.3) is 0 Å². The number of rotatable bonds is 6. The lowest BCUT2D eigenvalue weighted by molar-refractivity contribution is 0.516. The molecule has 0 spiro atoms. The highest BCUT2D eigenvalue weighted by Gasteiger charge is 2.11. The number of nitrogens with one attached hydrogen (secondary N) is 1. The van der Waals surface area contributed by atoms with Gasteiger partial charge in [0.05, 0.1) is 11.9 Å². The molecule has 90 valence electrons. The van der Waals surface area contributed by atoms with E-state index in [-0.39, 0.29) is 0 Å². The number of hydrogen-bond acceptors (Lipinski definition) is 2. The summed E-state index contributed by atoms with van der Waals surface area (Å²) in [5.74, 6) is 0.583. The molecule has 1 N–H and O–H groups in total. The van der Waals surface area contributed by atoms with Crippen molar-refractivity contribution in [2.75, 3.05) is 5.32 Å². The van der Waals surface area contributed by atoms with E-state index in [1.807, 2.05) is 17.0 Å². The monoisotopic (exact) mass is 221 g/mol. The minimum Gasteiger partial charge on any atom is -0.380 e. The first-order chi connectivity index (χ1) is 7.54. The van der Waals surface area contributed by atoms with E-state index in [0.29, 0.717) is 18.0 Å². The second-order valence-corrected chi connectivity index (χ2v) is 4.74. The first-order valence-corrected chi connectivity index (χ1v) is 5.96. The van der Waals surface area contributed by atoms with Crippen molar-refractivity contribution in [1.82, 2.24) is 9.78 Å². The van der Waals surface area contributed by atoms with Gasteiger partial charge in [0.15, 0.2) is 0 Å². The predicted molar refractivity (Wildman–Crippen MR) is 69.7 cm³/mol. The van der Waals surface area contributed by atoms with Crippen molar-refractivity contribution >= 4 is 5.69 Å². The minimum absolute atomic E-state index is 0.413. The topological polar surface area (TPSA) is 29.9 Å². The second-order valence-electron chi connectivity index (χ2n) is 4.74. The van der Waals surface area contributed by atoms with Gasteiger partial charge in [0.2, 0.25) is 0 Å². The number of anilines is 1. The maximum absolute atomic E-state index is 4.31. The van der Waals surface area contributed by atoms with Crippen molar-refractivity contribution in [2.24, 2.45) is 5.92 Å². The molecule has 0 saturated heterocycles. The Kier molecular flexibility index (Phi) is 4.59. The van der Waals surface area contributed by atoms with Crippen LogP contribution in [0.5, 0.6) is 0 Å². The molecule has 1 aromatic rings. The molecule has 2 unspecified atom stereocenters. The smallest absolute Gasteiger partial charge is 0.0728 e. The molecule has 3 heteroatoms. The molecule has 0 fully saturated rings. The fourth-order valence-electron chi connectivity index (χ4n) is 1.57. The van der Waals surface area contributed by atoms with Gasteiger partial charge in [0.1, 0.15) is 0 Å². The average molecular weight is 221 g/mol. The molecule has 1 heterocycles. The number of aromatic nitrogens is 2. The van der Waals surface area contributed by atoms with Gasteiger partial charge in [-0.2, -0.15) is 5.10 Å². The molecule has 16 heavy (non-hydrogen) atoms. The number of nitrogens with zero attached hydrogens (tertiary/aromatic N) is 2. The van der Waals surface area contributed by atoms with Crippen LogP contribution in [0.4, 0.5) is 5.69 Å². The zero-order valence-corrected chi connectivity index (χ0v) is 10.8. The molecule has 1 aromatic heterocycles. The summed E-state index contributed by atoms with van der Waals surface area (Å²) in [4.78, 5) is 0. The Morgan fingerprint density at radius 2 is 2.12 bits per heavy atom. The Balaban J connectivity index is 2.55. The zero-order valence-electron chi connectivity index (χ0n) is 10.8. The highest BCUT2D eigenvalue weighted by Crippen LogP contribution is 2.16. The Morgan fingerprint density at radius 3 is 2.62 bits per heavy atom. The van der Waals surface area contributed by atoms with Crippen LogP contribution >= 0.6 is 0 Å². The maximum Gasteiger partial charge on any atom is 0.0728 e. The van der Waals surface area contributed by atoms with E-state index in [0.717, 1.165) is 12.1 Å². The van der Waals surface area contributed by atoms with E-state index < -0.39 is 0 Å². The largest absolute Gasteiger partial charge is 0.380 e. The van der Waals surface area contributed by atoms with Crippen molar-refractivity contribution in [3.63, 3.8) is 0 Å². The lowest BCUT2D eigenvalue weighted by Crippen LogP contribution is -2.23. The lowest BCUT2D eigenvalue weighted by atomic mass is 10.00. The van der Waals surface area contributed by atoms with Crippen LogP contribution in [-0.2, 0) is 0 Å². The van der Waals surface area contributed by atoms with Gasteiger partial charge in [-0.1, -0.05) is 13.0 Å². The summed E-state index contributed by atoms with van der Waals surface area (Å²) in [7, 11) is 0. The van der Waals surface area contributed by atoms with Crippen molar-refractivity contribution in [1.29, 1.82) is 0 Å². The molecule has 0 aliphatic heterocycles. The quantitative estimate of drug-likeness (QED) is 0.745. The van der Waals surface area contributed by atoms with Crippen LogP contribution in [-0.4, -0.2) is 15.8 Å². The summed E-state index contributed by atoms with van der Waals surface area (Å²) < 4.78 is 1.97. The van der Waals surface area contributed by atoms with Gasteiger partial charge < -0.3 is 5.32 Å². The van der Waals surface area contributed by atoms with Crippen LogP contribution in [0.1, 0.15) is 40.2 Å². The van der Waals surface area contributed by atoms with Crippen LogP contribution in [0.2, 0.25) is 0 Å². The van der Waals surface area contributed by atoms with Gasteiger partial charge in [0, 0.05) is 18.3 Å². The van der Waals surface area contributed by atoms with E-state index in [4.69, 9.17) is 0 Å². The third-order valence-electron chi connectivity index (χ3n) is 2.92. The standard InChI is InChI=1S/C13H23N3/c1-6-7-11(4)12(5)15-13-8-14-16(9-13)10(2)3/h6,8-12,15H,1,7H2,2-5H3. The minimum atomic E-state index is 0.413. The average Bonchev–Trinajstić information content (AvgIpc) is 2.66. The first-order valence-electron chi connectivity index (χ1n) is 5.96. The molecular formula is C13H23N3. The third kappa shape index (κ3) is 3.40. The molecule has 3 nitrogen and oxygen atoms in total. The van der Waals surface area contributed by atoms with E-state index in [2.05, 4.69) is 50.9 Å². The first kappa shape index (κ1) is 12.8. The predicted octanol–water partition coefficient (Wildman–Crippen LogP) is 3.48. The van der Waals surface area contributed by atoms with E-state index in [1.165, 1.54) is 0 Å². The van der Waals surface area contributed by atoms with E-state index in [9.17, 15) is 0 Å². The summed E-state index contributed by atoms with van der Waals surface area (Å²) in [6.45, 7) is 12.4. The van der Waals surface area contributed by atoms with Crippen LogP contribution in [0.25, 0.3) is 0 Å². The molecule has 1 rings (SSSR count). The van der Waals surface area contributed by atoms with Gasteiger partial charge in [-0.15, -0.1) is 6.58 Å². The zero-order chi connectivity index (χ0) is 12.1. The Bertz CT molecular complexity index is 328. The molecule has 0 bridgehead atoms. The van der Waals surface area contributed by atoms with Crippen molar-refractivity contribution in [3.8, 4) is 0 Å². The van der Waals surface area contributed by atoms with Gasteiger partial charge >= 0.3 is 0 Å². The molecule has 0 amide bonds. The fourth-order valence-corrected chi connectivity index (χ4v) is 1.57. The highest BCUT2D eigenvalue weighted by atomic mass is 15.3. The summed E-state index contributed by atoms with van der Waals surface area (Å²) in [5.41, 5.74) is 1.09. The Morgan fingerprint density at radius 1 is 1.44 bits per heavy atom. The summed E-state index contributed by atoms with van der Waals surface area (Å²) in [6.07, 6.45) is 6.95. The van der Waals surface area contributed by atoms with Crippen LogP contribution in [0.15, 0.2) is 25.0 Å². The van der Waals surface area contributed by atoms with Crippen LogP contribution in [0, 0.1) is 5.92 Å². The molecule has 0 radical (unpaired) electrons. The lowest BCUT2D eigenvalue weighted by Gasteiger charge is -2.20. The molecule has 0 saturated carbocycles. The summed E-state index contributed by atoms with van der Waals surface area (Å²) >= 11 is 0. The Hall–Kier alpha value is -1.25. The molecule has 0 aliphatic rings. The van der Waals surface area contributed by atoms with Gasteiger partial charge in [-0.25, -0.2) is 0 Å². The summed E-state index contributed by atoms with van der Waals surface area (Å²) in [6, 6.07) is 0.847. The maximum atomic E-state index is 4.31. The van der Waals surface area contributed by atoms with Gasteiger partial charge in [-0.3, -0.25) is 4.68 Å². The van der Waals surface area contributed by atoms with Crippen molar-refractivity contribution in [3.05, 3.63) is 25.0 Å². The Labute approximate surface area is 98.5 Å². The van der Waals surface area contributed by atoms with Crippen LogP contribution in [0.3, 0.4) is 0 Å². The molecule has 2 atom stereocenters. The summed E-state index contributed by atoms with van der Waals surface area (Å²) in [5, 5.41) is 7.78. The van der Waals surface area contributed by atoms with Crippen molar-refractivity contribution in [2.45, 2.75) is 46.2 Å². The molecule has 0 aromatic carbocycles. The number of allylic oxidation sites excluding steroid dienone is 1. The normalized spacial score (nSPS) is 14.8. The van der Waals surface area contributed by atoms with Gasteiger partial charge in [-0.05, 0) is 33.1 Å². The third-order valence-corrected chi connectivity index (χ3v) is 2.92. The fraction of sp³-hybridized carbons (Fsp3) is 0.615. The SMILES string of the molecule is C=CCC(C)C(C)Nc1cnn(C(C)C)c1. The van der Waals surface area contributed by atoms with E-state index in [1.54, 1.807) is 0 Å².